The minimum absolute atomic E-state index is 0.109. The Balaban J connectivity index is 1.92. The number of hydrogen-bond donors (Lipinski definition) is 0. The molecule has 104 valence electrons. The first-order chi connectivity index (χ1) is 10.2. The highest BCUT2D eigenvalue weighted by Gasteiger charge is 2.31. The van der Waals surface area contributed by atoms with Gasteiger partial charge in [0.15, 0.2) is 0 Å². The zero-order valence-corrected chi connectivity index (χ0v) is 12.1. The molecule has 2 aliphatic heterocycles. The van der Waals surface area contributed by atoms with Gasteiger partial charge in [0, 0.05) is 11.6 Å². The summed E-state index contributed by atoms with van der Waals surface area (Å²) in [6.45, 7) is 0.721. The van der Waals surface area contributed by atoms with Gasteiger partial charge in [0.25, 0.3) is 0 Å². The molecule has 1 amide bonds. The second-order valence-electron chi connectivity index (χ2n) is 5.33. The van der Waals surface area contributed by atoms with Crippen LogP contribution in [0.1, 0.15) is 17.5 Å². The molecule has 0 aliphatic carbocycles. The fraction of sp³-hybridized carbons (Fsp3) is 0.176. The Morgan fingerprint density at radius 2 is 1.95 bits per heavy atom. The van der Waals surface area contributed by atoms with Gasteiger partial charge in [-0.3, -0.25) is 9.79 Å². The molecule has 0 atom stereocenters. The van der Waals surface area contributed by atoms with Crippen LogP contribution < -0.4 is 4.90 Å². The lowest BCUT2D eigenvalue weighted by Crippen LogP contribution is -2.29. The van der Waals surface area contributed by atoms with Gasteiger partial charge in [0.2, 0.25) is 5.91 Å². The van der Waals surface area contributed by atoms with Gasteiger partial charge >= 0.3 is 0 Å². The number of benzene rings is 2. The molecule has 0 aromatic heterocycles. The standard InChI is InChI=1S/C17H13ClN2O/c18-13-8-12-6-7-20-16(21)10-14(11-4-2-1-3-5-11)19-15(9-13)17(12)20/h1-5,8-9H,6-7,10H2. The third-order valence-corrected chi connectivity index (χ3v) is 4.21. The number of nitrogens with zero attached hydrogens (tertiary/aromatic N) is 2. The van der Waals surface area contributed by atoms with E-state index in [0.717, 1.165) is 41.2 Å². The molecule has 2 aromatic rings. The highest BCUT2D eigenvalue weighted by atomic mass is 35.5. The summed E-state index contributed by atoms with van der Waals surface area (Å²) in [6.07, 6.45) is 1.18. The van der Waals surface area contributed by atoms with Crippen molar-refractivity contribution < 1.29 is 4.79 Å². The summed E-state index contributed by atoms with van der Waals surface area (Å²) in [5.41, 5.74) is 4.65. The Labute approximate surface area is 127 Å². The van der Waals surface area contributed by atoms with Gasteiger partial charge in [-0.25, -0.2) is 0 Å². The van der Waals surface area contributed by atoms with Crippen molar-refractivity contribution in [2.45, 2.75) is 12.8 Å². The number of halogens is 1. The largest absolute Gasteiger partial charge is 0.309 e. The van der Waals surface area contributed by atoms with Crippen LogP contribution in [-0.2, 0) is 11.2 Å². The zero-order chi connectivity index (χ0) is 14.4. The van der Waals surface area contributed by atoms with Crippen LogP contribution in [0.25, 0.3) is 0 Å². The Morgan fingerprint density at radius 1 is 1.14 bits per heavy atom. The molecule has 0 spiro atoms. The maximum atomic E-state index is 12.5. The minimum Gasteiger partial charge on any atom is -0.309 e. The molecule has 3 nitrogen and oxygen atoms in total. The lowest BCUT2D eigenvalue weighted by molar-refractivity contribution is -0.117. The average Bonchev–Trinajstić information content (AvgIpc) is 2.85. The third-order valence-electron chi connectivity index (χ3n) is 3.99. The molecule has 0 N–H and O–H groups in total. The SMILES string of the molecule is O=C1CC(c2ccccc2)=Nc2cc(Cl)cc3c2N1CC3. The van der Waals surface area contributed by atoms with Crippen LogP contribution in [0.15, 0.2) is 47.5 Å². The van der Waals surface area contributed by atoms with Crippen molar-refractivity contribution in [2.24, 2.45) is 4.99 Å². The van der Waals surface area contributed by atoms with Gasteiger partial charge in [-0.15, -0.1) is 0 Å². The quantitative estimate of drug-likeness (QED) is 0.789. The van der Waals surface area contributed by atoms with Gasteiger partial charge in [0.1, 0.15) is 0 Å². The highest BCUT2D eigenvalue weighted by Crippen LogP contribution is 2.42. The fourth-order valence-electron chi connectivity index (χ4n) is 3.04. The smallest absolute Gasteiger partial charge is 0.233 e. The van der Waals surface area contributed by atoms with Gasteiger partial charge < -0.3 is 4.90 Å². The molecule has 2 heterocycles. The van der Waals surface area contributed by atoms with Crippen LogP contribution in [0.4, 0.5) is 11.4 Å². The monoisotopic (exact) mass is 296 g/mol. The predicted molar refractivity (Wildman–Crippen MR) is 84.8 cm³/mol. The first-order valence-electron chi connectivity index (χ1n) is 6.98. The maximum absolute atomic E-state index is 12.5. The molecule has 0 saturated carbocycles. The maximum Gasteiger partial charge on any atom is 0.233 e. The number of carbonyl (C=O) groups is 1. The van der Waals surface area contributed by atoms with E-state index in [2.05, 4.69) is 0 Å². The van der Waals surface area contributed by atoms with Crippen LogP contribution in [0.3, 0.4) is 0 Å². The van der Waals surface area contributed by atoms with Crippen LogP contribution in [0.5, 0.6) is 0 Å². The predicted octanol–water partition coefficient (Wildman–Crippen LogP) is 3.75. The summed E-state index contributed by atoms with van der Waals surface area (Å²) in [7, 11) is 0. The Kier molecular flexibility index (Phi) is 2.82. The molecule has 4 rings (SSSR count). The summed E-state index contributed by atoms with van der Waals surface area (Å²) in [5, 5.41) is 0.677. The van der Waals surface area contributed by atoms with E-state index in [-0.39, 0.29) is 5.91 Å². The van der Waals surface area contributed by atoms with E-state index in [4.69, 9.17) is 16.6 Å². The molecule has 0 radical (unpaired) electrons. The number of hydrogen-bond acceptors (Lipinski definition) is 2. The lowest BCUT2D eigenvalue weighted by atomic mass is 10.1. The molecule has 0 unspecified atom stereocenters. The molecular weight excluding hydrogens is 284 g/mol. The first kappa shape index (κ1) is 12.6. The number of carbonyl (C=O) groups excluding carboxylic acids is 1. The minimum atomic E-state index is 0.109. The van der Waals surface area contributed by atoms with Crippen LogP contribution >= 0.6 is 11.6 Å². The van der Waals surface area contributed by atoms with E-state index in [1.165, 1.54) is 0 Å². The van der Waals surface area contributed by atoms with E-state index < -0.39 is 0 Å². The van der Waals surface area contributed by atoms with Crippen molar-refractivity contribution in [3.05, 3.63) is 58.6 Å². The molecule has 21 heavy (non-hydrogen) atoms. The Bertz CT molecular complexity index is 768. The van der Waals surface area contributed by atoms with E-state index in [1.54, 1.807) is 0 Å². The van der Waals surface area contributed by atoms with Crippen molar-refractivity contribution in [1.29, 1.82) is 0 Å². The van der Waals surface area contributed by atoms with E-state index in [9.17, 15) is 4.79 Å². The van der Waals surface area contributed by atoms with Crippen LogP contribution in [0.2, 0.25) is 5.02 Å². The summed E-state index contributed by atoms with van der Waals surface area (Å²) in [6, 6.07) is 13.6. The summed E-state index contributed by atoms with van der Waals surface area (Å²) >= 11 is 6.19. The molecule has 4 heteroatoms. The number of amides is 1. The molecule has 0 fully saturated rings. The average molecular weight is 297 g/mol. The molecule has 0 bridgehead atoms. The fourth-order valence-corrected chi connectivity index (χ4v) is 3.28. The van der Waals surface area contributed by atoms with Crippen LogP contribution in [-0.4, -0.2) is 18.2 Å². The van der Waals surface area contributed by atoms with Gasteiger partial charge in [-0.05, 0) is 29.7 Å². The summed E-state index contributed by atoms with van der Waals surface area (Å²) in [4.78, 5) is 19.1. The summed E-state index contributed by atoms with van der Waals surface area (Å²) in [5.74, 6) is 0.109. The normalized spacial score (nSPS) is 16.5. The van der Waals surface area contributed by atoms with E-state index >= 15 is 0 Å². The number of rotatable bonds is 1. The Morgan fingerprint density at radius 3 is 2.76 bits per heavy atom. The van der Waals surface area contributed by atoms with Crippen molar-refractivity contribution in [2.75, 3.05) is 11.4 Å². The van der Waals surface area contributed by atoms with Crippen molar-refractivity contribution in [3.8, 4) is 0 Å². The molecule has 0 saturated heterocycles. The van der Waals surface area contributed by atoms with Crippen LogP contribution in [0, 0.1) is 0 Å². The second-order valence-corrected chi connectivity index (χ2v) is 5.77. The second kappa shape index (κ2) is 4.71. The molecule has 2 aromatic carbocycles. The molecule has 2 aliphatic rings. The highest BCUT2D eigenvalue weighted by molar-refractivity contribution is 6.31. The van der Waals surface area contributed by atoms with Gasteiger partial charge in [0.05, 0.1) is 23.5 Å². The van der Waals surface area contributed by atoms with E-state index in [0.29, 0.717) is 11.4 Å². The van der Waals surface area contributed by atoms with Crippen molar-refractivity contribution in [1.82, 2.24) is 0 Å². The van der Waals surface area contributed by atoms with Crippen molar-refractivity contribution >= 4 is 34.6 Å². The first-order valence-corrected chi connectivity index (χ1v) is 7.36. The number of anilines is 1. The zero-order valence-electron chi connectivity index (χ0n) is 11.3. The topological polar surface area (TPSA) is 32.7 Å². The lowest BCUT2D eigenvalue weighted by Gasteiger charge is -2.16. The summed E-state index contributed by atoms with van der Waals surface area (Å²) < 4.78 is 0. The Hall–Kier alpha value is -2.13. The van der Waals surface area contributed by atoms with E-state index in [1.807, 2.05) is 47.4 Å². The number of aliphatic imine (C=N–C) groups is 1. The van der Waals surface area contributed by atoms with Gasteiger partial charge in [-0.2, -0.15) is 0 Å². The van der Waals surface area contributed by atoms with Crippen molar-refractivity contribution in [3.63, 3.8) is 0 Å². The third kappa shape index (κ3) is 2.05. The van der Waals surface area contributed by atoms with Gasteiger partial charge in [-0.1, -0.05) is 41.9 Å². The molecular formula is C17H13ClN2O.